The van der Waals surface area contributed by atoms with Gasteiger partial charge in [-0.3, -0.25) is 4.98 Å². The molecule has 0 spiro atoms. The first kappa shape index (κ1) is 14.1. The standard InChI is InChI=1S/C14H25N3/c1-3-4-5-14(15)12-17(2)11-8-13-6-9-16-10-7-13/h6-7,9-10,14H,3-5,8,11-12,15H2,1-2H3. The molecule has 1 aromatic heterocycles. The summed E-state index contributed by atoms with van der Waals surface area (Å²) in [5.74, 6) is 0. The quantitative estimate of drug-likeness (QED) is 0.750. The molecule has 0 bridgehead atoms. The van der Waals surface area contributed by atoms with Crippen LogP contribution in [-0.2, 0) is 6.42 Å². The molecule has 0 aliphatic rings. The monoisotopic (exact) mass is 235 g/mol. The Morgan fingerprint density at radius 1 is 1.35 bits per heavy atom. The molecule has 0 aromatic carbocycles. The van der Waals surface area contributed by atoms with Crippen LogP contribution < -0.4 is 5.73 Å². The van der Waals surface area contributed by atoms with E-state index in [2.05, 4.69) is 36.0 Å². The summed E-state index contributed by atoms with van der Waals surface area (Å²) in [6, 6.07) is 4.47. The summed E-state index contributed by atoms with van der Waals surface area (Å²) in [5.41, 5.74) is 7.42. The average Bonchev–Trinajstić information content (AvgIpc) is 2.35. The first-order chi connectivity index (χ1) is 8.22. The molecule has 1 heterocycles. The van der Waals surface area contributed by atoms with E-state index >= 15 is 0 Å². The summed E-state index contributed by atoms with van der Waals surface area (Å²) in [4.78, 5) is 6.34. The van der Waals surface area contributed by atoms with Gasteiger partial charge < -0.3 is 10.6 Å². The number of hydrogen-bond donors (Lipinski definition) is 1. The minimum atomic E-state index is 0.317. The van der Waals surface area contributed by atoms with Gasteiger partial charge in [0.15, 0.2) is 0 Å². The van der Waals surface area contributed by atoms with Crippen LogP contribution in [0.15, 0.2) is 24.5 Å². The summed E-state index contributed by atoms with van der Waals surface area (Å²) in [6.07, 6.45) is 8.37. The van der Waals surface area contributed by atoms with E-state index in [-0.39, 0.29) is 0 Å². The van der Waals surface area contributed by atoms with Crippen LogP contribution in [0.2, 0.25) is 0 Å². The van der Waals surface area contributed by atoms with Crippen molar-refractivity contribution in [1.29, 1.82) is 0 Å². The van der Waals surface area contributed by atoms with Crippen LogP contribution in [0, 0.1) is 0 Å². The van der Waals surface area contributed by atoms with Crippen molar-refractivity contribution in [3.8, 4) is 0 Å². The van der Waals surface area contributed by atoms with Gasteiger partial charge in [0, 0.05) is 31.5 Å². The highest BCUT2D eigenvalue weighted by Gasteiger charge is 2.06. The van der Waals surface area contributed by atoms with Crippen LogP contribution in [-0.4, -0.2) is 36.1 Å². The van der Waals surface area contributed by atoms with Crippen molar-refractivity contribution in [2.24, 2.45) is 5.73 Å². The van der Waals surface area contributed by atoms with Gasteiger partial charge in [-0.05, 0) is 37.6 Å². The fourth-order valence-electron chi connectivity index (χ4n) is 1.92. The average molecular weight is 235 g/mol. The summed E-state index contributed by atoms with van der Waals surface area (Å²) in [5, 5.41) is 0. The number of pyridine rings is 1. The highest BCUT2D eigenvalue weighted by atomic mass is 15.1. The molecule has 1 atom stereocenters. The second-order valence-electron chi connectivity index (χ2n) is 4.77. The lowest BCUT2D eigenvalue weighted by molar-refractivity contribution is 0.306. The van der Waals surface area contributed by atoms with Gasteiger partial charge in [-0.2, -0.15) is 0 Å². The predicted octanol–water partition coefficient (Wildman–Crippen LogP) is 2.07. The van der Waals surface area contributed by atoms with Gasteiger partial charge in [-0.1, -0.05) is 19.8 Å². The van der Waals surface area contributed by atoms with E-state index in [0.717, 1.165) is 25.9 Å². The number of nitrogens with zero attached hydrogens (tertiary/aromatic N) is 2. The van der Waals surface area contributed by atoms with Crippen LogP contribution in [0.1, 0.15) is 31.7 Å². The second-order valence-corrected chi connectivity index (χ2v) is 4.77. The summed E-state index contributed by atoms with van der Waals surface area (Å²) in [7, 11) is 2.15. The third kappa shape index (κ3) is 6.39. The van der Waals surface area contributed by atoms with E-state index in [4.69, 9.17) is 5.73 Å². The summed E-state index contributed by atoms with van der Waals surface area (Å²) >= 11 is 0. The highest BCUT2D eigenvalue weighted by Crippen LogP contribution is 2.02. The lowest BCUT2D eigenvalue weighted by Gasteiger charge is -2.21. The summed E-state index contributed by atoms with van der Waals surface area (Å²) < 4.78 is 0. The van der Waals surface area contributed by atoms with Gasteiger partial charge in [0.25, 0.3) is 0 Å². The van der Waals surface area contributed by atoms with Crippen LogP contribution >= 0.6 is 0 Å². The Labute approximate surface area is 105 Å². The minimum Gasteiger partial charge on any atom is -0.327 e. The zero-order valence-corrected chi connectivity index (χ0v) is 11.1. The van der Waals surface area contributed by atoms with Gasteiger partial charge in [-0.15, -0.1) is 0 Å². The van der Waals surface area contributed by atoms with Crippen molar-refractivity contribution in [3.05, 3.63) is 30.1 Å². The van der Waals surface area contributed by atoms with Crippen LogP contribution in [0.25, 0.3) is 0 Å². The van der Waals surface area contributed by atoms with E-state index in [0.29, 0.717) is 6.04 Å². The number of nitrogens with two attached hydrogens (primary N) is 1. The molecule has 0 aliphatic heterocycles. The zero-order valence-electron chi connectivity index (χ0n) is 11.1. The molecule has 0 aliphatic carbocycles. The fourth-order valence-corrected chi connectivity index (χ4v) is 1.92. The molecule has 0 saturated carbocycles. The fraction of sp³-hybridized carbons (Fsp3) is 0.643. The second kappa shape index (κ2) is 8.20. The van der Waals surface area contributed by atoms with Crippen LogP contribution in [0.3, 0.4) is 0 Å². The van der Waals surface area contributed by atoms with Crippen molar-refractivity contribution >= 4 is 0 Å². The van der Waals surface area contributed by atoms with Crippen molar-refractivity contribution in [1.82, 2.24) is 9.88 Å². The molecular weight excluding hydrogens is 210 g/mol. The first-order valence-electron chi connectivity index (χ1n) is 6.55. The van der Waals surface area contributed by atoms with E-state index in [1.54, 1.807) is 0 Å². The maximum Gasteiger partial charge on any atom is 0.0270 e. The van der Waals surface area contributed by atoms with Gasteiger partial charge >= 0.3 is 0 Å². The Bertz CT molecular complexity index is 287. The Morgan fingerprint density at radius 3 is 2.71 bits per heavy atom. The van der Waals surface area contributed by atoms with E-state index in [1.807, 2.05) is 12.4 Å². The largest absolute Gasteiger partial charge is 0.327 e. The SMILES string of the molecule is CCCCC(N)CN(C)CCc1ccncc1. The number of likely N-dealkylation sites (N-methyl/N-ethyl adjacent to an activating group) is 1. The molecule has 96 valence electrons. The van der Waals surface area contributed by atoms with Gasteiger partial charge in [-0.25, -0.2) is 0 Å². The Hall–Kier alpha value is -0.930. The van der Waals surface area contributed by atoms with Crippen LogP contribution in [0.5, 0.6) is 0 Å². The summed E-state index contributed by atoms with van der Waals surface area (Å²) in [6.45, 7) is 4.26. The molecule has 3 heteroatoms. The smallest absolute Gasteiger partial charge is 0.0270 e. The minimum absolute atomic E-state index is 0.317. The molecule has 17 heavy (non-hydrogen) atoms. The lowest BCUT2D eigenvalue weighted by Crippen LogP contribution is -2.36. The number of unbranched alkanes of at least 4 members (excludes halogenated alkanes) is 1. The van der Waals surface area contributed by atoms with Crippen molar-refractivity contribution in [3.63, 3.8) is 0 Å². The predicted molar refractivity (Wildman–Crippen MR) is 72.9 cm³/mol. The van der Waals surface area contributed by atoms with Gasteiger partial charge in [0.1, 0.15) is 0 Å². The Balaban J connectivity index is 2.19. The third-order valence-corrected chi connectivity index (χ3v) is 3.01. The van der Waals surface area contributed by atoms with Crippen molar-refractivity contribution < 1.29 is 0 Å². The normalized spacial score (nSPS) is 12.9. The maximum atomic E-state index is 6.08. The van der Waals surface area contributed by atoms with Crippen molar-refractivity contribution in [2.75, 3.05) is 20.1 Å². The molecule has 2 N–H and O–H groups in total. The molecule has 1 rings (SSSR count). The van der Waals surface area contributed by atoms with Gasteiger partial charge in [0.2, 0.25) is 0 Å². The van der Waals surface area contributed by atoms with Crippen molar-refractivity contribution in [2.45, 2.75) is 38.6 Å². The van der Waals surface area contributed by atoms with E-state index < -0.39 is 0 Å². The Morgan fingerprint density at radius 2 is 2.06 bits per heavy atom. The lowest BCUT2D eigenvalue weighted by atomic mass is 10.1. The molecule has 1 unspecified atom stereocenters. The highest BCUT2D eigenvalue weighted by molar-refractivity contribution is 5.09. The molecule has 1 aromatic rings. The number of aromatic nitrogens is 1. The molecule has 0 saturated heterocycles. The number of rotatable bonds is 8. The molecule has 0 amide bonds. The Kier molecular flexibility index (Phi) is 6.82. The van der Waals surface area contributed by atoms with Crippen LogP contribution in [0.4, 0.5) is 0 Å². The zero-order chi connectivity index (χ0) is 12.5. The maximum absolute atomic E-state index is 6.08. The van der Waals surface area contributed by atoms with Gasteiger partial charge in [0.05, 0.1) is 0 Å². The van der Waals surface area contributed by atoms with E-state index in [1.165, 1.54) is 18.4 Å². The first-order valence-corrected chi connectivity index (χ1v) is 6.55. The molecule has 0 radical (unpaired) electrons. The third-order valence-electron chi connectivity index (χ3n) is 3.01. The molecule has 0 fully saturated rings. The molecule has 3 nitrogen and oxygen atoms in total. The topological polar surface area (TPSA) is 42.1 Å². The number of hydrogen-bond acceptors (Lipinski definition) is 3. The van der Waals surface area contributed by atoms with E-state index in [9.17, 15) is 0 Å². The molecular formula is C14H25N3.